The predicted octanol–water partition coefficient (Wildman–Crippen LogP) is 6.22. The van der Waals surface area contributed by atoms with Gasteiger partial charge < -0.3 is 19.5 Å². The largest absolute Gasteiger partial charge is 0.497 e. The first-order valence-corrected chi connectivity index (χ1v) is 12.2. The normalized spacial score (nSPS) is 15.7. The van der Waals surface area contributed by atoms with Gasteiger partial charge in [0.2, 0.25) is 5.82 Å². The van der Waals surface area contributed by atoms with Gasteiger partial charge in [0.15, 0.2) is 5.11 Å². The van der Waals surface area contributed by atoms with Crippen LogP contribution in [0.15, 0.2) is 83.0 Å². The van der Waals surface area contributed by atoms with Gasteiger partial charge in [-0.1, -0.05) is 70.9 Å². The first kappa shape index (κ1) is 23.8. The average Bonchev–Trinajstić information content (AvgIpc) is 3.36. The van der Waals surface area contributed by atoms with Crippen molar-refractivity contribution in [1.29, 1.82) is 0 Å². The van der Waals surface area contributed by atoms with Crippen LogP contribution < -0.4 is 10.1 Å². The topological polar surface area (TPSA) is 63.4 Å². The SMILES string of the molecule is COc1cccc(C2NC(=S)N(Cc3cccc(C)c3)C(C)=C2c2nc(-c3cccc(C)c3)no2)c1. The number of hydrogen-bond acceptors (Lipinski definition) is 5. The zero-order valence-electron chi connectivity index (χ0n) is 20.8. The minimum atomic E-state index is -0.271. The Hall–Kier alpha value is -3.97. The van der Waals surface area contributed by atoms with E-state index in [1.165, 1.54) is 11.1 Å². The van der Waals surface area contributed by atoms with Crippen LogP contribution in [-0.4, -0.2) is 27.3 Å². The van der Waals surface area contributed by atoms with Crippen LogP contribution >= 0.6 is 12.2 Å². The summed E-state index contributed by atoms with van der Waals surface area (Å²) in [4.78, 5) is 6.91. The van der Waals surface area contributed by atoms with Crippen LogP contribution in [0.4, 0.5) is 0 Å². The summed E-state index contributed by atoms with van der Waals surface area (Å²) in [6.07, 6.45) is 0. The number of aromatic nitrogens is 2. The Balaban J connectivity index is 1.61. The van der Waals surface area contributed by atoms with Crippen molar-refractivity contribution in [3.05, 3.63) is 107 Å². The number of thiocarbonyl (C=S) groups is 1. The van der Waals surface area contributed by atoms with Gasteiger partial charge in [0.05, 0.1) is 18.7 Å². The highest BCUT2D eigenvalue weighted by Crippen LogP contribution is 2.38. The fourth-order valence-corrected chi connectivity index (χ4v) is 4.87. The molecule has 36 heavy (non-hydrogen) atoms. The summed E-state index contributed by atoms with van der Waals surface area (Å²) in [5, 5.41) is 8.48. The summed E-state index contributed by atoms with van der Waals surface area (Å²) in [5.74, 6) is 1.78. The summed E-state index contributed by atoms with van der Waals surface area (Å²) in [5.41, 5.74) is 7.28. The zero-order valence-corrected chi connectivity index (χ0v) is 21.6. The minimum Gasteiger partial charge on any atom is -0.497 e. The third-order valence-electron chi connectivity index (χ3n) is 6.38. The number of benzene rings is 3. The van der Waals surface area contributed by atoms with Gasteiger partial charge in [-0.3, -0.25) is 0 Å². The fraction of sp³-hybridized carbons (Fsp3) is 0.207. The molecule has 1 aromatic heterocycles. The Bertz CT molecular complexity index is 1460. The molecule has 0 saturated heterocycles. The summed E-state index contributed by atoms with van der Waals surface area (Å²) in [6, 6.07) is 24.2. The van der Waals surface area contributed by atoms with Crippen molar-refractivity contribution in [2.45, 2.75) is 33.4 Å². The highest BCUT2D eigenvalue weighted by molar-refractivity contribution is 7.80. The lowest BCUT2D eigenvalue weighted by molar-refractivity contribution is 0.395. The highest BCUT2D eigenvalue weighted by Gasteiger charge is 2.34. The average molecular weight is 497 g/mol. The molecule has 3 aromatic carbocycles. The van der Waals surface area contributed by atoms with Crippen molar-refractivity contribution in [1.82, 2.24) is 20.4 Å². The third-order valence-corrected chi connectivity index (χ3v) is 6.72. The highest BCUT2D eigenvalue weighted by atomic mass is 32.1. The molecule has 0 radical (unpaired) electrons. The van der Waals surface area contributed by atoms with Crippen LogP contribution in [0, 0.1) is 13.8 Å². The molecule has 2 heterocycles. The van der Waals surface area contributed by atoms with E-state index in [2.05, 4.69) is 53.5 Å². The molecule has 4 aromatic rings. The molecule has 7 heteroatoms. The molecule has 5 rings (SSSR count). The van der Waals surface area contributed by atoms with Crippen molar-refractivity contribution in [3.8, 4) is 17.1 Å². The second kappa shape index (κ2) is 9.95. The molecule has 1 atom stereocenters. The molecule has 6 nitrogen and oxygen atoms in total. The van der Waals surface area contributed by atoms with Crippen molar-refractivity contribution in [2.75, 3.05) is 7.11 Å². The lowest BCUT2D eigenvalue weighted by atomic mass is 9.94. The fourth-order valence-electron chi connectivity index (χ4n) is 4.55. The van der Waals surface area contributed by atoms with E-state index in [0.29, 0.717) is 23.4 Å². The van der Waals surface area contributed by atoms with E-state index in [1.807, 2.05) is 55.5 Å². The maximum absolute atomic E-state index is 5.87. The number of allylic oxidation sites excluding steroid dienone is 1. The maximum Gasteiger partial charge on any atom is 0.258 e. The van der Waals surface area contributed by atoms with Gasteiger partial charge in [0.1, 0.15) is 5.75 Å². The molecule has 0 amide bonds. The summed E-state index contributed by atoms with van der Waals surface area (Å²) >= 11 is 5.86. The van der Waals surface area contributed by atoms with Crippen LogP contribution in [0.5, 0.6) is 5.75 Å². The van der Waals surface area contributed by atoms with E-state index in [-0.39, 0.29) is 6.04 Å². The van der Waals surface area contributed by atoms with Crippen LogP contribution in [0.3, 0.4) is 0 Å². The molecule has 0 saturated carbocycles. The zero-order chi connectivity index (χ0) is 25.2. The Kier molecular flexibility index (Phi) is 6.57. The number of methoxy groups -OCH3 is 1. The Morgan fingerprint density at radius 2 is 1.72 bits per heavy atom. The Labute approximate surface area is 216 Å². The second-order valence-electron chi connectivity index (χ2n) is 9.03. The van der Waals surface area contributed by atoms with E-state index in [4.69, 9.17) is 26.5 Å². The molecule has 182 valence electrons. The first-order valence-electron chi connectivity index (χ1n) is 11.8. The van der Waals surface area contributed by atoms with Crippen LogP contribution in [-0.2, 0) is 6.54 Å². The number of rotatable bonds is 6. The molecular weight excluding hydrogens is 468 g/mol. The second-order valence-corrected chi connectivity index (χ2v) is 9.41. The smallest absolute Gasteiger partial charge is 0.258 e. The van der Waals surface area contributed by atoms with Gasteiger partial charge in [-0.2, -0.15) is 4.98 Å². The van der Waals surface area contributed by atoms with E-state index in [1.54, 1.807) is 7.11 Å². The van der Waals surface area contributed by atoms with Gasteiger partial charge in [0.25, 0.3) is 5.89 Å². The first-order chi connectivity index (χ1) is 17.4. The molecule has 1 unspecified atom stereocenters. The molecule has 0 spiro atoms. The lowest BCUT2D eigenvalue weighted by Gasteiger charge is -2.37. The van der Waals surface area contributed by atoms with Gasteiger partial charge in [-0.25, -0.2) is 0 Å². The molecule has 1 aliphatic rings. The minimum absolute atomic E-state index is 0.271. The summed E-state index contributed by atoms with van der Waals surface area (Å²) in [7, 11) is 1.66. The van der Waals surface area contributed by atoms with Gasteiger partial charge in [-0.05, 0) is 62.3 Å². The predicted molar refractivity (Wildman–Crippen MR) is 145 cm³/mol. The van der Waals surface area contributed by atoms with Crippen molar-refractivity contribution in [2.24, 2.45) is 0 Å². The van der Waals surface area contributed by atoms with Crippen molar-refractivity contribution in [3.63, 3.8) is 0 Å². The molecule has 0 aliphatic carbocycles. The van der Waals surface area contributed by atoms with Gasteiger partial charge in [-0.15, -0.1) is 0 Å². The third kappa shape index (κ3) is 4.75. The van der Waals surface area contributed by atoms with E-state index >= 15 is 0 Å². The van der Waals surface area contributed by atoms with E-state index < -0.39 is 0 Å². The van der Waals surface area contributed by atoms with Gasteiger partial charge >= 0.3 is 0 Å². The lowest BCUT2D eigenvalue weighted by Crippen LogP contribution is -2.45. The quantitative estimate of drug-likeness (QED) is 0.318. The standard InChI is InChI=1S/C29H28N4O2S/c1-18-8-5-10-21(14-18)17-33-20(3)25(26(30-29(33)36)22-11-7-13-24(16-22)34-4)28-31-27(32-35-28)23-12-6-9-19(2)15-23/h5-16,26H,17H2,1-4H3,(H,30,36). The van der Waals surface area contributed by atoms with Crippen molar-refractivity contribution < 1.29 is 9.26 Å². The Morgan fingerprint density at radius 3 is 2.47 bits per heavy atom. The maximum atomic E-state index is 5.87. The summed E-state index contributed by atoms with van der Waals surface area (Å²) < 4.78 is 11.4. The molecule has 0 fully saturated rings. The number of nitrogens with one attached hydrogen (secondary N) is 1. The van der Waals surface area contributed by atoms with E-state index in [9.17, 15) is 0 Å². The van der Waals surface area contributed by atoms with Crippen LogP contribution in [0.1, 0.15) is 41.1 Å². The number of hydrogen-bond donors (Lipinski definition) is 1. The molecular formula is C29H28N4O2S. The summed E-state index contributed by atoms with van der Waals surface area (Å²) in [6.45, 7) is 6.83. The number of aryl methyl sites for hydroxylation is 2. The Morgan fingerprint density at radius 1 is 0.972 bits per heavy atom. The van der Waals surface area contributed by atoms with Crippen LogP contribution in [0.2, 0.25) is 0 Å². The van der Waals surface area contributed by atoms with Crippen LogP contribution in [0.25, 0.3) is 17.0 Å². The van der Waals surface area contributed by atoms with E-state index in [0.717, 1.165) is 33.7 Å². The monoisotopic (exact) mass is 496 g/mol. The van der Waals surface area contributed by atoms with Crippen molar-refractivity contribution >= 4 is 22.9 Å². The molecule has 0 bridgehead atoms. The van der Waals surface area contributed by atoms with Gasteiger partial charge in [0, 0.05) is 17.8 Å². The molecule has 1 aliphatic heterocycles. The number of ether oxygens (including phenoxy) is 1. The number of nitrogens with zero attached hydrogens (tertiary/aromatic N) is 3. The molecule has 1 N–H and O–H groups in total.